The van der Waals surface area contributed by atoms with Crippen LogP contribution in [0, 0.1) is 0 Å². The van der Waals surface area contributed by atoms with Crippen LogP contribution in [-0.4, -0.2) is 25.5 Å². The molecule has 6 nitrogen and oxygen atoms in total. The Balaban J connectivity index is 1.46. The Morgan fingerprint density at radius 2 is 1.54 bits per heavy atom. The number of nitrogens with one attached hydrogen (secondary N) is 2. The zero-order chi connectivity index (χ0) is 19.8. The minimum Gasteiger partial charge on any atom is -0.497 e. The smallest absolute Gasteiger partial charge is 0.251 e. The molecule has 0 fully saturated rings. The molecule has 2 aromatic carbocycles. The number of ether oxygens (including phenoxy) is 1. The van der Waals surface area contributed by atoms with Crippen LogP contribution in [0.15, 0.2) is 71.3 Å². The van der Waals surface area contributed by atoms with Crippen molar-refractivity contribution in [1.82, 2.24) is 10.6 Å². The van der Waals surface area contributed by atoms with Crippen molar-refractivity contribution >= 4 is 11.8 Å². The minimum atomic E-state index is -0.220. The molecule has 2 N–H and O–H groups in total. The molecule has 1 heterocycles. The zero-order valence-corrected chi connectivity index (χ0v) is 15.6. The van der Waals surface area contributed by atoms with E-state index in [1.165, 1.54) is 0 Å². The third kappa shape index (κ3) is 5.23. The lowest BCUT2D eigenvalue weighted by Crippen LogP contribution is -2.26. The van der Waals surface area contributed by atoms with Gasteiger partial charge in [0.25, 0.3) is 11.8 Å². The largest absolute Gasteiger partial charge is 0.497 e. The molecule has 0 spiro atoms. The molecule has 0 aliphatic carbocycles. The van der Waals surface area contributed by atoms with Gasteiger partial charge >= 0.3 is 0 Å². The van der Waals surface area contributed by atoms with Crippen molar-refractivity contribution in [2.45, 2.75) is 13.0 Å². The van der Waals surface area contributed by atoms with Crippen molar-refractivity contribution in [2.24, 2.45) is 0 Å². The normalized spacial score (nSPS) is 10.3. The Kier molecular flexibility index (Phi) is 6.46. The van der Waals surface area contributed by atoms with Gasteiger partial charge in [0.05, 0.1) is 19.9 Å². The van der Waals surface area contributed by atoms with E-state index in [2.05, 4.69) is 10.6 Å². The molecule has 0 aliphatic rings. The SMILES string of the molecule is COc1ccc(CCNC(=O)c2ccc(C(=O)NCc3ccco3)cc2)cc1. The monoisotopic (exact) mass is 378 g/mol. The Morgan fingerprint density at radius 3 is 2.11 bits per heavy atom. The molecule has 28 heavy (non-hydrogen) atoms. The molecule has 0 radical (unpaired) electrons. The Bertz CT molecular complexity index is 901. The predicted octanol–water partition coefficient (Wildman–Crippen LogP) is 3.19. The molecule has 1 aromatic heterocycles. The van der Waals surface area contributed by atoms with Gasteiger partial charge in [-0.15, -0.1) is 0 Å². The van der Waals surface area contributed by atoms with Crippen LogP contribution in [0.4, 0.5) is 0 Å². The fourth-order valence-electron chi connectivity index (χ4n) is 2.67. The number of benzene rings is 2. The summed E-state index contributed by atoms with van der Waals surface area (Å²) in [4.78, 5) is 24.4. The van der Waals surface area contributed by atoms with E-state index >= 15 is 0 Å². The van der Waals surface area contributed by atoms with Crippen LogP contribution in [0.25, 0.3) is 0 Å². The van der Waals surface area contributed by atoms with Crippen molar-refractivity contribution in [2.75, 3.05) is 13.7 Å². The summed E-state index contributed by atoms with van der Waals surface area (Å²) in [5.74, 6) is 1.10. The van der Waals surface area contributed by atoms with Crippen LogP contribution in [0.2, 0.25) is 0 Å². The first-order chi connectivity index (χ1) is 13.7. The molecule has 3 aromatic rings. The summed E-state index contributed by atoms with van der Waals surface area (Å²) in [6, 6.07) is 17.9. The summed E-state index contributed by atoms with van der Waals surface area (Å²) in [5.41, 5.74) is 2.11. The van der Waals surface area contributed by atoms with Gasteiger partial charge in [0.1, 0.15) is 11.5 Å². The number of carbonyl (C=O) groups is 2. The van der Waals surface area contributed by atoms with E-state index in [0.717, 1.165) is 17.7 Å². The van der Waals surface area contributed by atoms with Crippen molar-refractivity contribution in [1.29, 1.82) is 0 Å². The number of methoxy groups -OCH3 is 1. The van der Waals surface area contributed by atoms with E-state index < -0.39 is 0 Å². The van der Waals surface area contributed by atoms with Gasteiger partial charge in [-0.2, -0.15) is 0 Å². The lowest BCUT2D eigenvalue weighted by atomic mass is 10.1. The van der Waals surface area contributed by atoms with Crippen molar-refractivity contribution < 1.29 is 18.7 Å². The van der Waals surface area contributed by atoms with Crippen LogP contribution in [0.3, 0.4) is 0 Å². The fraction of sp³-hybridized carbons (Fsp3) is 0.182. The number of hydrogen-bond acceptors (Lipinski definition) is 4. The number of amides is 2. The number of furan rings is 1. The molecule has 0 atom stereocenters. The topological polar surface area (TPSA) is 80.6 Å². The molecule has 3 rings (SSSR count). The number of hydrogen-bond donors (Lipinski definition) is 2. The maximum absolute atomic E-state index is 12.3. The second-order valence-electron chi connectivity index (χ2n) is 6.19. The highest BCUT2D eigenvalue weighted by atomic mass is 16.5. The maximum Gasteiger partial charge on any atom is 0.251 e. The van der Waals surface area contributed by atoms with Crippen molar-refractivity contribution in [3.05, 3.63) is 89.4 Å². The van der Waals surface area contributed by atoms with E-state index in [1.54, 1.807) is 49.8 Å². The van der Waals surface area contributed by atoms with Gasteiger partial charge in [-0.3, -0.25) is 9.59 Å². The molecule has 6 heteroatoms. The van der Waals surface area contributed by atoms with Gasteiger partial charge in [0.2, 0.25) is 0 Å². The van der Waals surface area contributed by atoms with Crippen molar-refractivity contribution in [3.63, 3.8) is 0 Å². The fourth-order valence-corrected chi connectivity index (χ4v) is 2.67. The van der Waals surface area contributed by atoms with E-state index in [9.17, 15) is 9.59 Å². The van der Waals surface area contributed by atoms with E-state index in [1.807, 2.05) is 24.3 Å². The zero-order valence-electron chi connectivity index (χ0n) is 15.6. The molecule has 0 saturated heterocycles. The molecule has 0 bridgehead atoms. The first-order valence-corrected chi connectivity index (χ1v) is 8.97. The second-order valence-corrected chi connectivity index (χ2v) is 6.19. The molecule has 144 valence electrons. The van der Waals surface area contributed by atoms with Crippen LogP contribution in [0.1, 0.15) is 32.0 Å². The van der Waals surface area contributed by atoms with Gasteiger partial charge in [0.15, 0.2) is 0 Å². The summed E-state index contributed by atoms with van der Waals surface area (Å²) in [5, 5.41) is 5.65. The van der Waals surface area contributed by atoms with Gasteiger partial charge in [0, 0.05) is 17.7 Å². The lowest BCUT2D eigenvalue weighted by Gasteiger charge is -2.07. The molecule has 0 unspecified atom stereocenters. The third-order valence-electron chi connectivity index (χ3n) is 4.27. The van der Waals surface area contributed by atoms with Crippen LogP contribution < -0.4 is 15.4 Å². The number of rotatable bonds is 8. The average molecular weight is 378 g/mol. The lowest BCUT2D eigenvalue weighted by molar-refractivity contribution is 0.0939. The quantitative estimate of drug-likeness (QED) is 0.631. The minimum absolute atomic E-state index is 0.170. The average Bonchev–Trinajstić information content (AvgIpc) is 3.26. The van der Waals surface area contributed by atoms with Crippen molar-refractivity contribution in [3.8, 4) is 5.75 Å². The summed E-state index contributed by atoms with van der Waals surface area (Å²) in [6.45, 7) is 0.843. The first kappa shape index (κ1) is 19.2. The van der Waals surface area contributed by atoms with Crippen LogP contribution in [-0.2, 0) is 13.0 Å². The standard InChI is InChI=1S/C22H22N2O4/c1-27-19-10-4-16(5-11-19)12-13-23-21(25)17-6-8-18(9-7-17)22(26)24-15-20-3-2-14-28-20/h2-11,14H,12-13,15H2,1H3,(H,23,25)(H,24,26). The van der Waals surface area contributed by atoms with Gasteiger partial charge in [-0.1, -0.05) is 12.1 Å². The Morgan fingerprint density at radius 1 is 0.893 bits per heavy atom. The van der Waals surface area contributed by atoms with Crippen LogP contribution >= 0.6 is 0 Å². The van der Waals surface area contributed by atoms with Gasteiger partial charge in [-0.25, -0.2) is 0 Å². The number of carbonyl (C=O) groups excluding carboxylic acids is 2. The first-order valence-electron chi connectivity index (χ1n) is 8.97. The summed E-state index contributed by atoms with van der Waals surface area (Å²) >= 11 is 0. The van der Waals surface area contributed by atoms with E-state index in [4.69, 9.17) is 9.15 Å². The maximum atomic E-state index is 12.3. The second kappa shape index (κ2) is 9.41. The van der Waals surface area contributed by atoms with E-state index in [0.29, 0.717) is 30.0 Å². The van der Waals surface area contributed by atoms with Gasteiger partial charge in [-0.05, 0) is 60.5 Å². The molecule has 2 amide bonds. The third-order valence-corrected chi connectivity index (χ3v) is 4.27. The highest BCUT2D eigenvalue weighted by molar-refractivity contribution is 5.97. The Labute approximate surface area is 163 Å². The summed E-state index contributed by atoms with van der Waals surface area (Å²) in [6.07, 6.45) is 2.28. The summed E-state index contributed by atoms with van der Waals surface area (Å²) < 4.78 is 10.3. The molecule has 0 aliphatic heterocycles. The highest BCUT2D eigenvalue weighted by Gasteiger charge is 2.09. The van der Waals surface area contributed by atoms with E-state index in [-0.39, 0.29) is 11.8 Å². The molecular formula is C22H22N2O4. The van der Waals surface area contributed by atoms with Crippen LogP contribution in [0.5, 0.6) is 5.75 Å². The molecular weight excluding hydrogens is 356 g/mol. The predicted molar refractivity (Wildman–Crippen MR) is 105 cm³/mol. The Hall–Kier alpha value is -3.54. The summed E-state index contributed by atoms with van der Waals surface area (Å²) in [7, 11) is 1.63. The van der Waals surface area contributed by atoms with Gasteiger partial charge < -0.3 is 19.8 Å². The molecule has 0 saturated carbocycles. The highest BCUT2D eigenvalue weighted by Crippen LogP contribution is 2.11.